The number of rotatable bonds is 10. The molecule has 0 N–H and O–H groups in total. The van der Waals surface area contributed by atoms with Crippen molar-refractivity contribution in [1.29, 1.82) is 0 Å². The Labute approximate surface area is 160 Å². The van der Waals surface area contributed by atoms with E-state index in [4.69, 9.17) is 9.47 Å². The lowest BCUT2D eigenvalue weighted by atomic mass is 10.2. The quantitative estimate of drug-likeness (QED) is 0.463. The van der Waals surface area contributed by atoms with Crippen LogP contribution in [0.3, 0.4) is 0 Å². The predicted molar refractivity (Wildman–Crippen MR) is 106 cm³/mol. The average molecular weight is 379 g/mol. The van der Waals surface area contributed by atoms with Crippen LogP contribution in [0.15, 0.2) is 29.4 Å². The van der Waals surface area contributed by atoms with Gasteiger partial charge in [0, 0.05) is 11.4 Å². The average Bonchev–Trinajstić information content (AvgIpc) is 3.02. The molecule has 1 atom stereocenters. The Balaban J connectivity index is 2.33. The predicted octanol–water partition coefficient (Wildman–Crippen LogP) is 3.81. The van der Waals surface area contributed by atoms with Gasteiger partial charge in [0.1, 0.15) is 5.75 Å². The third kappa shape index (κ3) is 5.22. The number of methoxy groups -OCH3 is 1. The molecule has 1 aromatic heterocycles. The molecule has 0 aliphatic heterocycles. The van der Waals surface area contributed by atoms with Gasteiger partial charge in [0.15, 0.2) is 11.0 Å². The van der Waals surface area contributed by atoms with Crippen molar-refractivity contribution in [2.75, 3.05) is 33.6 Å². The molecule has 1 aromatic carbocycles. The van der Waals surface area contributed by atoms with E-state index in [0.717, 1.165) is 34.6 Å². The minimum Gasteiger partial charge on any atom is -0.497 e. The van der Waals surface area contributed by atoms with Gasteiger partial charge in [0.05, 0.1) is 25.9 Å². The van der Waals surface area contributed by atoms with Gasteiger partial charge in [-0.1, -0.05) is 18.7 Å². The summed E-state index contributed by atoms with van der Waals surface area (Å²) in [6.07, 6.45) is 1.20. The normalized spacial score (nSPS) is 12.8. The molecule has 0 spiro atoms. The third-order valence-corrected chi connectivity index (χ3v) is 4.96. The molecule has 0 fully saturated rings. The summed E-state index contributed by atoms with van der Waals surface area (Å²) in [5.74, 6) is 2.63. The van der Waals surface area contributed by atoms with E-state index < -0.39 is 0 Å². The fraction of sp³-hybridized carbons (Fsp3) is 0.579. The second kappa shape index (κ2) is 9.94. The molecule has 1 heterocycles. The van der Waals surface area contributed by atoms with Crippen LogP contribution in [-0.2, 0) is 4.74 Å². The molecular weight excluding hydrogens is 348 g/mol. The summed E-state index contributed by atoms with van der Waals surface area (Å²) in [5.41, 5.74) is 1.04. The number of nitrogens with zero attached hydrogens (tertiary/aromatic N) is 4. The molecule has 0 saturated carbocycles. The summed E-state index contributed by atoms with van der Waals surface area (Å²) in [7, 11) is 5.82. The molecule has 26 heavy (non-hydrogen) atoms. The zero-order valence-electron chi connectivity index (χ0n) is 16.6. The standard InChI is InChI=1S/C19H30N4O2S/c1-7-17(22(4)5)18-20-21-19(26-13-12-25-14(2)3)23(18)15-8-10-16(24-6)11-9-15/h8-11,14,17H,7,12-13H2,1-6H3. The van der Waals surface area contributed by atoms with Crippen molar-refractivity contribution < 1.29 is 9.47 Å². The van der Waals surface area contributed by atoms with Gasteiger partial charge < -0.3 is 9.47 Å². The largest absolute Gasteiger partial charge is 0.497 e. The van der Waals surface area contributed by atoms with E-state index in [2.05, 4.69) is 40.7 Å². The molecule has 0 saturated heterocycles. The molecule has 0 aliphatic carbocycles. The fourth-order valence-corrected chi connectivity index (χ4v) is 3.55. The summed E-state index contributed by atoms with van der Waals surface area (Å²) in [6.45, 7) is 6.95. The van der Waals surface area contributed by atoms with Crippen molar-refractivity contribution in [2.24, 2.45) is 0 Å². The molecule has 6 nitrogen and oxygen atoms in total. The van der Waals surface area contributed by atoms with Crippen molar-refractivity contribution >= 4 is 11.8 Å². The van der Waals surface area contributed by atoms with E-state index >= 15 is 0 Å². The zero-order chi connectivity index (χ0) is 19.1. The zero-order valence-corrected chi connectivity index (χ0v) is 17.4. The van der Waals surface area contributed by atoms with Crippen molar-refractivity contribution in [3.05, 3.63) is 30.1 Å². The minimum atomic E-state index is 0.200. The molecule has 0 amide bonds. The molecule has 7 heteroatoms. The van der Waals surface area contributed by atoms with E-state index in [9.17, 15) is 0 Å². The van der Waals surface area contributed by atoms with Crippen LogP contribution in [-0.4, -0.2) is 59.3 Å². The van der Waals surface area contributed by atoms with Crippen LogP contribution in [0, 0.1) is 0 Å². The Kier molecular flexibility index (Phi) is 7.93. The second-order valence-electron chi connectivity index (χ2n) is 6.53. The number of hydrogen-bond donors (Lipinski definition) is 0. The smallest absolute Gasteiger partial charge is 0.195 e. The number of thioether (sulfide) groups is 1. The summed E-state index contributed by atoms with van der Waals surface area (Å²) in [4.78, 5) is 2.18. The molecule has 144 valence electrons. The highest BCUT2D eigenvalue weighted by Crippen LogP contribution is 2.29. The Hall–Kier alpha value is -1.57. The number of benzene rings is 1. The number of aromatic nitrogens is 3. The van der Waals surface area contributed by atoms with Crippen molar-refractivity contribution in [3.8, 4) is 11.4 Å². The van der Waals surface area contributed by atoms with E-state index in [0.29, 0.717) is 6.61 Å². The van der Waals surface area contributed by atoms with Crippen LogP contribution in [0.5, 0.6) is 5.75 Å². The monoisotopic (exact) mass is 378 g/mol. The van der Waals surface area contributed by atoms with Crippen LogP contribution in [0.1, 0.15) is 39.1 Å². The SMILES string of the molecule is CCC(c1nnc(SCCOC(C)C)n1-c1ccc(OC)cc1)N(C)C. The fourth-order valence-electron chi connectivity index (χ4n) is 2.76. The van der Waals surface area contributed by atoms with Gasteiger partial charge in [-0.05, 0) is 58.6 Å². The first kappa shape index (κ1) is 20.7. The maximum atomic E-state index is 5.65. The lowest BCUT2D eigenvalue weighted by Gasteiger charge is -2.23. The maximum absolute atomic E-state index is 5.65. The van der Waals surface area contributed by atoms with E-state index in [1.807, 2.05) is 38.1 Å². The molecular formula is C19H30N4O2S. The van der Waals surface area contributed by atoms with Gasteiger partial charge in [-0.25, -0.2) is 0 Å². The van der Waals surface area contributed by atoms with Crippen LogP contribution >= 0.6 is 11.8 Å². The highest BCUT2D eigenvalue weighted by Gasteiger charge is 2.23. The van der Waals surface area contributed by atoms with Gasteiger partial charge in [-0.15, -0.1) is 10.2 Å². The molecule has 0 bridgehead atoms. The van der Waals surface area contributed by atoms with Crippen molar-refractivity contribution in [3.63, 3.8) is 0 Å². The maximum Gasteiger partial charge on any atom is 0.195 e. The highest BCUT2D eigenvalue weighted by atomic mass is 32.2. The highest BCUT2D eigenvalue weighted by molar-refractivity contribution is 7.99. The third-order valence-electron chi connectivity index (χ3n) is 4.06. The van der Waals surface area contributed by atoms with Gasteiger partial charge in [0.2, 0.25) is 0 Å². The summed E-state index contributed by atoms with van der Waals surface area (Å²) >= 11 is 1.67. The van der Waals surface area contributed by atoms with Crippen molar-refractivity contribution in [1.82, 2.24) is 19.7 Å². The second-order valence-corrected chi connectivity index (χ2v) is 7.59. The van der Waals surface area contributed by atoms with E-state index in [1.54, 1.807) is 18.9 Å². The molecule has 2 aromatic rings. The Morgan fingerprint density at radius 3 is 2.38 bits per heavy atom. The molecule has 1 unspecified atom stereocenters. The molecule has 2 rings (SSSR count). The Morgan fingerprint density at radius 2 is 1.85 bits per heavy atom. The Bertz CT molecular complexity index is 671. The van der Waals surface area contributed by atoms with Crippen LogP contribution in [0.4, 0.5) is 0 Å². The summed E-state index contributed by atoms with van der Waals surface area (Å²) in [6, 6.07) is 8.22. The van der Waals surface area contributed by atoms with Gasteiger partial charge in [-0.2, -0.15) is 0 Å². The van der Waals surface area contributed by atoms with Gasteiger partial charge in [-0.3, -0.25) is 9.47 Å². The number of ether oxygens (including phenoxy) is 2. The Morgan fingerprint density at radius 1 is 1.15 bits per heavy atom. The minimum absolute atomic E-state index is 0.200. The lowest BCUT2D eigenvalue weighted by Crippen LogP contribution is -2.22. The molecule has 0 radical (unpaired) electrons. The first-order chi connectivity index (χ1) is 12.5. The molecule has 0 aliphatic rings. The van der Waals surface area contributed by atoms with Crippen molar-refractivity contribution in [2.45, 2.75) is 44.5 Å². The summed E-state index contributed by atoms with van der Waals surface area (Å²) in [5, 5.41) is 9.87. The van der Waals surface area contributed by atoms with Gasteiger partial charge >= 0.3 is 0 Å². The van der Waals surface area contributed by atoms with Gasteiger partial charge in [0.25, 0.3) is 0 Å². The number of hydrogen-bond acceptors (Lipinski definition) is 6. The first-order valence-corrected chi connectivity index (χ1v) is 9.97. The summed E-state index contributed by atoms with van der Waals surface area (Å²) < 4.78 is 13.1. The van der Waals surface area contributed by atoms with Crippen LogP contribution in [0.25, 0.3) is 5.69 Å². The van der Waals surface area contributed by atoms with E-state index in [1.165, 1.54) is 0 Å². The van der Waals surface area contributed by atoms with E-state index in [-0.39, 0.29) is 12.1 Å². The topological polar surface area (TPSA) is 52.4 Å². The van der Waals surface area contributed by atoms with Crippen LogP contribution < -0.4 is 4.74 Å². The lowest BCUT2D eigenvalue weighted by molar-refractivity contribution is 0.0920. The first-order valence-electron chi connectivity index (χ1n) is 8.98. The van der Waals surface area contributed by atoms with Crippen LogP contribution in [0.2, 0.25) is 0 Å².